The molecule has 1 aromatic heterocycles. The topological polar surface area (TPSA) is 73.3 Å². The van der Waals surface area contributed by atoms with Crippen LogP contribution in [0, 0.1) is 0 Å². The Bertz CT molecular complexity index is 688. The zero-order chi connectivity index (χ0) is 16.7. The fraction of sp³-hybridized carbons (Fsp3) is 0.267. The van der Waals surface area contributed by atoms with Crippen molar-refractivity contribution in [3.63, 3.8) is 0 Å². The number of carbonyl (C=O) groups is 1. The lowest BCUT2D eigenvalue weighted by Crippen LogP contribution is -2.14. The molecule has 0 saturated carbocycles. The van der Waals surface area contributed by atoms with Crippen LogP contribution in [0.2, 0.25) is 0 Å². The van der Waals surface area contributed by atoms with E-state index < -0.39 is 0 Å². The van der Waals surface area contributed by atoms with E-state index in [2.05, 4.69) is 22.1 Å². The fourth-order valence-corrected chi connectivity index (χ4v) is 3.25. The van der Waals surface area contributed by atoms with Gasteiger partial charge in [-0.05, 0) is 18.2 Å². The average molecular weight is 351 g/mol. The van der Waals surface area contributed by atoms with E-state index in [9.17, 15) is 4.79 Å². The van der Waals surface area contributed by atoms with Crippen LogP contribution in [0.1, 0.15) is 10.4 Å². The minimum absolute atomic E-state index is 0.0681. The average Bonchev–Trinajstić information content (AvgIpc) is 3.05. The number of anilines is 1. The molecule has 0 radical (unpaired) electrons. The van der Waals surface area contributed by atoms with Gasteiger partial charge in [0.15, 0.2) is 21.6 Å². The summed E-state index contributed by atoms with van der Waals surface area (Å²) in [6, 6.07) is 5.08. The monoisotopic (exact) mass is 351 g/mol. The summed E-state index contributed by atoms with van der Waals surface area (Å²) in [5.41, 5.74) is 0.543. The lowest BCUT2D eigenvalue weighted by atomic mass is 10.1. The molecule has 0 aliphatic heterocycles. The van der Waals surface area contributed by atoms with E-state index in [-0.39, 0.29) is 12.3 Å². The maximum atomic E-state index is 12.2. The quantitative estimate of drug-likeness (QED) is 0.423. The molecular formula is C15H17N3O3S2. The largest absolute Gasteiger partial charge is 0.493 e. The lowest BCUT2D eigenvalue weighted by molar-refractivity contribution is 0.101. The molecule has 0 bridgehead atoms. The Balaban J connectivity index is 1.96. The third-order valence-electron chi connectivity index (χ3n) is 2.84. The van der Waals surface area contributed by atoms with E-state index in [1.165, 1.54) is 18.4 Å². The van der Waals surface area contributed by atoms with Crippen molar-refractivity contribution in [2.24, 2.45) is 0 Å². The Labute approximate surface area is 142 Å². The van der Waals surface area contributed by atoms with Crippen molar-refractivity contribution in [3.05, 3.63) is 36.4 Å². The molecule has 122 valence electrons. The molecule has 0 unspecified atom stereocenters. The number of nitrogens with one attached hydrogen (secondary N) is 1. The van der Waals surface area contributed by atoms with Crippen LogP contribution in [0.3, 0.4) is 0 Å². The van der Waals surface area contributed by atoms with Gasteiger partial charge in [-0.3, -0.25) is 4.79 Å². The molecule has 0 aliphatic rings. The van der Waals surface area contributed by atoms with Gasteiger partial charge in [-0.2, -0.15) is 0 Å². The van der Waals surface area contributed by atoms with Gasteiger partial charge in [-0.15, -0.1) is 16.8 Å². The predicted octanol–water partition coefficient (Wildman–Crippen LogP) is 3.13. The second-order valence-corrected chi connectivity index (χ2v) is 6.56. The number of aromatic nitrogens is 2. The summed E-state index contributed by atoms with van der Waals surface area (Å²) in [5, 5.41) is 11.6. The fourth-order valence-electron chi connectivity index (χ4n) is 1.74. The Hall–Kier alpha value is -2.06. The molecule has 1 aromatic carbocycles. The maximum Gasteiger partial charge on any atom is 0.206 e. The SMILES string of the molecule is C=CCSc1nnc(NCC(=O)c2ccc(OC)c(OC)c2)s1. The minimum Gasteiger partial charge on any atom is -0.493 e. The zero-order valence-corrected chi connectivity index (χ0v) is 14.5. The van der Waals surface area contributed by atoms with Crippen molar-refractivity contribution in [2.45, 2.75) is 4.34 Å². The molecule has 2 rings (SSSR count). The smallest absolute Gasteiger partial charge is 0.206 e. The standard InChI is InChI=1S/C15H17N3O3S2/c1-4-7-22-15-18-17-14(23-15)16-9-11(19)10-5-6-12(20-2)13(8-10)21-3/h4-6,8H,1,7,9H2,2-3H3,(H,16,17). The predicted molar refractivity (Wildman–Crippen MR) is 93.2 cm³/mol. The Morgan fingerprint density at radius 3 is 2.83 bits per heavy atom. The van der Waals surface area contributed by atoms with Gasteiger partial charge in [0.25, 0.3) is 0 Å². The number of ketones is 1. The Kier molecular flexibility index (Phi) is 6.42. The third-order valence-corrected chi connectivity index (χ3v) is 4.85. The van der Waals surface area contributed by atoms with Crippen LogP contribution in [0.25, 0.3) is 0 Å². The number of carbonyl (C=O) groups excluding carboxylic acids is 1. The summed E-state index contributed by atoms with van der Waals surface area (Å²) in [5.74, 6) is 1.82. The molecule has 1 N–H and O–H groups in total. The van der Waals surface area contributed by atoms with Crippen LogP contribution in [-0.2, 0) is 0 Å². The summed E-state index contributed by atoms with van der Waals surface area (Å²) in [6.07, 6.45) is 1.81. The third kappa shape index (κ3) is 4.70. The second kappa shape index (κ2) is 8.54. The molecule has 8 heteroatoms. The molecule has 0 atom stereocenters. The number of thioether (sulfide) groups is 1. The molecule has 1 heterocycles. The van der Waals surface area contributed by atoms with Crippen molar-refractivity contribution >= 4 is 34.0 Å². The first-order valence-electron chi connectivity index (χ1n) is 6.74. The number of nitrogens with zero attached hydrogens (tertiary/aromatic N) is 2. The van der Waals surface area contributed by atoms with E-state index in [1.807, 2.05) is 0 Å². The van der Waals surface area contributed by atoms with Gasteiger partial charge in [0.05, 0.1) is 20.8 Å². The highest BCUT2D eigenvalue weighted by Crippen LogP contribution is 2.28. The molecule has 0 aliphatic carbocycles. The molecular weight excluding hydrogens is 334 g/mol. The van der Waals surface area contributed by atoms with Crippen LogP contribution in [0.5, 0.6) is 11.5 Å². The second-order valence-electron chi connectivity index (χ2n) is 4.32. The van der Waals surface area contributed by atoms with Gasteiger partial charge < -0.3 is 14.8 Å². The van der Waals surface area contributed by atoms with E-state index >= 15 is 0 Å². The number of ether oxygens (including phenoxy) is 2. The van der Waals surface area contributed by atoms with Crippen LogP contribution < -0.4 is 14.8 Å². The number of Topliss-reactive ketones (excluding diaryl/α,β-unsaturated/α-hetero) is 1. The highest BCUT2D eigenvalue weighted by molar-refractivity contribution is 8.01. The first-order chi connectivity index (χ1) is 11.2. The maximum absolute atomic E-state index is 12.2. The van der Waals surface area contributed by atoms with Gasteiger partial charge in [0.1, 0.15) is 0 Å². The van der Waals surface area contributed by atoms with Gasteiger partial charge in [-0.1, -0.05) is 29.2 Å². The van der Waals surface area contributed by atoms with Crippen molar-refractivity contribution < 1.29 is 14.3 Å². The van der Waals surface area contributed by atoms with Crippen LogP contribution >= 0.6 is 23.1 Å². The number of methoxy groups -OCH3 is 2. The number of benzene rings is 1. The van der Waals surface area contributed by atoms with Crippen molar-refractivity contribution in [1.29, 1.82) is 0 Å². The van der Waals surface area contributed by atoms with Crippen molar-refractivity contribution in [2.75, 3.05) is 31.8 Å². The summed E-state index contributed by atoms with van der Waals surface area (Å²) in [7, 11) is 3.09. The minimum atomic E-state index is -0.0681. The van der Waals surface area contributed by atoms with E-state index in [0.717, 1.165) is 10.1 Å². The van der Waals surface area contributed by atoms with E-state index in [0.29, 0.717) is 22.2 Å². The first-order valence-corrected chi connectivity index (χ1v) is 8.54. The highest BCUT2D eigenvalue weighted by atomic mass is 32.2. The molecule has 0 amide bonds. The summed E-state index contributed by atoms with van der Waals surface area (Å²) >= 11 is 2.96. The van der Waals surface area contributed by atoms with Crippen LogP contribution in [0.15, 0.2) is 35.2 Å². The van der Waals surface area contributed by atoms with Gasteiger partial charge >= 0.3 is 0 Å². The zero-order valence-electron chi connectivity index (χ0n) is 12.9. The number of hydrogen-bond acceptors (Lipinski definition) is 8. The summed E-state index contributed by atoms with van der Waals surface area (Å²) in [6.45, 7) is 3.79. The molecule has 0 spiro atoms. The van der Waals surface area contributed by atoms with Crippen molar-refractivity contribution in [3.8, 4) is 11.5 Å². The lowest BCUT2D eigenvalue weighted by Gasteiger charge is -2.09. The van der Waals surface area contributed by atoms with E-state index in [1.54, 1.807) is 43.1 Å². The highest BCUT2D eigenvalue weighted by Gasteiger charge is 2.12. The number of rotatable bonds is 9. The van der Waals surface area contributed by atoms with E-state index in [4.69, 9.17) is 9.47 Å². The molecule has 0 saturated heterocycles. The molecule has 23 heavy (non-hydrogen) atoms. The van der Waals surface area contributed by atoms with Crippen molar-refractivity contribution in [1.82, 2.24) is 10.2 Å². The van der Waals surface area contributed by atoms with Gasteiger partial charge in [0, 0.05) is 11.3 Å². The van der Waals surface area contributed by atoms with Gasteiger partial charge in [0.2, 0.25) is 5.13 Å². The molecule has 6 nitrogen and oxygen atoms in total. The normalized spacial score (nSPS) is 10.2. The summed E-state index contributed by atoms with van der Waals surface area (Å²) in [4.78, 5) is 12.2. The molecule has 2 aromatic rings. The van der Waals surface area contributed by atoms with Gasteiger partial charge in [-0.25, -0.2) is 0 Å². The van der Waals surface area contributed by atoms with Crippen LogP contribution in [0.4, 0.5) is 5.13 Å². The first kappa shape index (κ1) is 17.3. The summed E-state index contributed by atoms with van der Waals surface area (Å²) < 4.78 is 11.2. The Morgan fingerprint density at radius 1 is 1.35 bits per heavy atom. The Morgan fingerprint density at radius 2 is 2.13 bits per heavy atom. The molecule has 0 fully saturated rings. The van der Waals surface area contributed by atoms with Crippen LogP contribution in [-0.4, -0.2) is 42.5 Å². The number of hydrogen-bond donors (Lipinski definition) is 1.